The number of aryl methyl sites for hydroxylation is 2. The Balaban J connectivity index is 2.98. The molecule has 0 aliphatic carbocycles. The number of rotatable bonds is 6. The van der Waals surface area contributed by atoms with Crippen LogP contribution in [-0.2, 0) is 18.5 Å². The quantitative estimate of drug-likeness (QED) is 0.457. The van der Waals surface area contributed by atoms with Gasteiger partial charge in [-0.25, -0.2) is 13.2 Å². The average molecular weight is 321 g/mol. The molecule has 0 bridgehead atoms. The van der Waals surface area contributed by atoms with Gasteiger partial charge in [-0.05, 0) is 31.0 Å². The molecule has 0 saturated carbocycles. The van der Waals surface area contributed by atoms with Crippen molar-refractivity contribution in [3.05, 3.63) is 28.8 Å². The lowest BCUT2D eigenvalue weighted by Gasteiger charge is -2.10. The molecular formula is C13H17ClO5S. The fourth-order valence-corrected chi connectivity index (χ4v) is 2.96. The van der Waals surface area contributed by atoms with Crippen LogP contribution in [0.2, 0.25) is 0 Å². The molecule has 0 heterocycles. The molecule has 5 nitrogen and oxygen atoms in total. The maximum atomic E-state index is 11.9. The predicted molar refractivity (Wildman–Crippen MR) is 75.7 cm³/mol. The predicted octanol–water partition coefficient (Wildman–Crippen LogP) is 2.42. The van der Waals surface area contributed by atoms with Crippen LogP contribution >= 0.6 is 10.7 Å². The van der Waals surface area contributed by atoms with Crippen molar-refractivity contribution in [1.29, 1.82) is 0 Å². The first kappa shape index (κ1) is 16.9. The molecule has 1 rings (SSSR count). The Morgan fingerprint density at radius 3 is 2.40 bits per heavy atom. The number of methoxy groups -OCH3 is 1. The zero-order valence-electron chi connectivity index (χ0n) is 11.6. The molecule has 0 amide bonds. The number of carbonyl (C=O) groups excluding carboxylic acids is 1. The van der Waals surface area contributed by atoms with Crippen LogP contribution in [0.3, 0.4) is 0 Å². The standard InChI is InChI=1S/C13H17ClO5S/c1-9-7-10(2)12(20(14,16)17)8-11(9)13(15)19-6-4-5-18-3/h7-8H,4-6H2,1-3H3. The van der Waals surface area contributed by atoms with Crippen LogP contribution in [0.25, 0.3) is 0 Å². The van der Waals surface area contributed by atoms with Crippen molar-refractivity contribution in [2.24, 2.45) is 0 Å². The summed E-state index contributed by atoms with van der Waals surface area (Å²) in [6.07, 6.45) is 0.577. The minimum absolute atomic E-state index is 0.0754. The van der Waals surface area contributed by atoms with Crippen molar-refractivity contribution in [1.82, 2.24) is 0 Å². The number of esters is 1. The van der Waals surface area contributed by atoms with Crippen molar-refractivity contribution in [3.8, 4) is 0 Å². The molecule has 0 N–H and O–H groups in total. The lowest BCUT2D eigenvalue weighted by Crippen LogP contribution is -2.11. The molecule has 0 atom stereocenters. The molecule has 112 valence electrons. The summed E-state index contributed by atoms with van der Waals surface area (Å²) < 4.78 is 32.8. The Bertz CT molecular complexity index is 595. The van der Waals surface area contributed by atoms with Gasteiger partial charge in [-0.2, -0.15) is 0 Å². The maximum absolute atomic E-state index is 11.9. The molecule has 0 radical (unpaired) electrons. The molecule has 0 aliphatic rings. The summed E-state index contributed by atoms with van der Waals surface area (Å²) in [5.74, 6) is -0.569. The second kappa shape index (κ2) is 7.06. The molecule has 1 aromatic carbocycles. The van der Waals surface area contributed by atoms with E-state index in [1.165, 1.54) is 6.07 Å². The van der Waals surface area contributed by atoms with Crippen LogP contribution in [0, 0.1) is 13.8 Å². The summed E-state index contributed by atoms with van der Waals surface area (Å²) in [5, 5.41) is 0. The van der Waals surface area contributed by atoms with E-state index < -0.39 is 15.0 Å². The molecule has 0 aromatic heterocycles. The van der Waals surface area contributed by atoms with E-state index in [0.717, 1.165) is 0 Å². The third kappa shape index (κ3) is 4.47. The van der Waals surface area contributed by atoms with E-state index in [9.17, 15) is 13.2 Å². The highest BCUT2D eigenvalue weighted by Gasteiger charge is 2.19. The van der Waals surface area contributed by atoms with Gasteiger partial charge in [0.2, 0.25) is 0 Å². The summed E-state index contributed by atoms with van der Waals surface area (Å²) in [6.45, 7) is 4.03. The van der Waals surface area contributed by atoms with Crippen LogP contribution < -0.4 is 0 Å². The smallest absolute Gasteiger partial charge is 0.338 e. The van der Waals surface area contributed by atoms with Crippen molar-refractivity contribution in [2.45, 2.75) is 25.2 Å². The molecule has 20 heavy (non-hydrogen) atoms. The molecule has 0 fully saturated rings. The first-order chi connectivity index (χ1) is 9.27. The number of hydrogen-bond donors (Lipinski definition) is 0. The first-order valence-corrected chi connectivity index (χ1v) is 8.30. The van der Waals surface area contributed by atoms with Crippen molar-refractivity contribution in [2.75, 3.05) is 20.3 Å². The van der Waals surface area contributed by atoms with Gasteiger partial charge in [0, 0.05) is 30.8 Å². The number of ether oxygens (including phenoxy) is 2. The first-order valence-electron chi connectivity index (χ1n) is 5.99. The van der Waals surface area contributed by atoms with E-state index >= 15 is 0 Å². The van der Waals surface area contributed by atoms with Gasteiger partial charge in [0.05, 0.1) is 17.1 Å². The number of benzene rings is 1. The van der Waals surface area contributed by atoms with E-state index in [1.54, 1.807) is 27.0 Å². The lowest BCUT2D eigenvalue weighted by molar-refractivity contribution is 0.0467. The van der Waals surface area contributed by atoms with Crippen LogP contribution in [0.4, 0.5) is 0 Å². The van der Waals surface area contributed by atoms with Gasteiger partial charge in [-0.3, -0.25) is 0 Å². The molecule has 0 spiro atoms. The molecule has 1 aromatic rings. The fourth-order valence-electron chi connectivity index (χ4n) is 1.76. The minimum Gasteiger partial charge on any atom is -0.462 e. The Morgan fingerprint density at radius 2 is 1.85 bits per heavy atom. The summed E-state index contributed by atoms with van der Waals surface area (Å²) >= 11 is 0. The maximum Gasteiger partial charge on any atom is 0.338 e. The van der Waals surface area contributed by atoms with Gasteiger partial charge in [0.25, 0.3) is 9.05 Å². The van der Waals surface area contributed by atoms with Gasteiger partial charge in [-0.1, -0.05) is 6.07 Å². The van der Waals surface area contributed by atoms with Gasteiger partial charge >= 0.3 is 5.97 Å². The zero-order chi connectivity index (χ0) is 15.3. The second-order valence-corrected chi connectivity index (χ2v) is 6.89. The SMILES string of the molecule is COCCCOC(=O)c1cc(S(=O)(=O)Cl)c(C)cc1C. The third-order valence-electron chi connectivity index (χ3n) is 2.73. The van der Waals surface area contributed by atoms with E-state index in [2.05, 4.69) is 0 Å². The fraction of sp³-hybridized carbons (Fsp3) is 0.462. The Hall–Kier alpha value is -1.11. The summed E-state index contributed by atoms with van der Waals surface area (Å²) in [7, 11) is 3.01. The van der Waals surface area contributed by atoms with Crippen LogP contribution in [0.1, 0.15) is 27.9 Å². The number of carbonyl (C=O) groups is 1. The Labute approximate surface area is 123 Å². The lowest BCUT2D eigenvalue weighted by atomic mass is 10.1. The van der Waals surface area contributed by atoms with E-state index in [-0.39, 0.29) is 17.1 Å². The summed E-state index contributed by atoms with van der Waals surface area (Å²) in [4.78, 5) is 11.8. The minimum atomic E-state index is -3.89. The van der Waals surface area contributed by atoms with E-state index in [4.69, 9.17) is 20.2 Å². The average Bonchev–Trinajstić information content (AvgIpc) is 2.32. The highest BCUT2D eigenvalue weighted by molar-refractivity contribution is 8.13. The summed E-state index contributed by atoms with van der Waals surface area (Å²) in [5.41, 5.74) is 1.34. The largest absolute Gasteiger partial charge is 0.462 e. The number of hydrogen-bond acceptors (Lipinski definition) is 5. The van der Waals surface area contributed by atoms with Crippen LogP contribution in [0.15, 0.2) is 17.0 Å². The summed E-state index contributed by atoms with van der Waals surface area (Å²) in [6, 6.07) is 2.85. The Morgan fingerprint density at radius 1 is 1.20 bits per heavy atom. The van der Waals surface area contributed by atoms with Crippen molar-refractivity contribution < 1.29 is 22.7 Å². The zero-order valence-corrected chi connectivity index (χ0v) is 13.2. The monoisotopic (exact) mass is 320 g/mol. The molecule has 7 heteroatoms. The van der Waals surface area contributed by atoms with Crippen molar-refractivity contribution >= 4 is 25.7 Å². The molecule has 0 unspecified atom stereocenters. The second-order valence-electron chi connectivity index (χ2n) is 4.35. The molecule has 0 aliphatic heterocycles. The van der Waals surface area contributed by atoms with Gasteiger partial charge in [-0.15, -0.1) is 0 Å². The van der Waals surface area contributed by atoms with Crippen molar-refractivity contribution in [3.63, 3.8) is 0 Å². The van der Waals surface area contributed by atoms with E-state index in [0.29, 0.717) is 24.2 Å². The third-order valence-corrected chi connectivity index (χ3v) is 4.19. The van der Waals surface area contributed by atoms with E-state index in [1.807, 2.05) is 0 Å². The molecular weight excluding hydrogens is 304 g/mol. The van der Waals surface area contributed by atoms with Gasteiger partial charge < -0.3 is 9.47 Å². The Kier molecular flexibility index (Phi) is 5.98. The van der Waals surface area contributed by atoms with Gasteiger partial charge in [0.15, 0.2) is 0 Å². The van der Waals surface area contributed by atoms with Crippen LogP contribution in [-0.4, -0.2) is 34.7 Å². The topological polar surface area (TPSA) is 69.7 Å². The normalized spacial score (nSPS) is 11.4. The number of halogens is 1. The van der Waals surface area contributed by atoms with Gasteiger partial charge in [0.1, 0.15) is 0 Å². The molecule has 0 saturated heterocycles. The highest BCUT2D eigenvalue weighted by atomic mass is 35.7. The highest BCUT2D eigenvalue weighted by Crippen LogP contribution is 2.24. The van der Waals surface area contributed by atoms with Crippen LogP contribution in [0.5, 0.6) is 0 Å².